The van der Waals surface area contributed by atoms with Crippen LogP contribution in [0.5, 0.6) is 0 Å². The molecule has 0 radical (unpaired) electrons. The number of nitrogens with one attached hydrogen (secondary N) is 2. The van der Waals surface area contributed by atoms with Crippen LogP contribution in [0.15, 0.2) is 59.5 Å². The van der Waals surface area contributed by atoms with E-state index in [1.54, 1.807) is 6.20 Å². The Kier molecular flexibility index (Phi) is 2.23. The maximum absolute atomic E-state index is 11.3. The molecule has 0 spiro atoms. The van der Waals surface area contributed by atoms with Crippen molar-refractivity contribution >= 4 is 21.9 Å². The number of nitrogens with zero attached hydrogens (tertiary/aromatic N) is 1. The molecule has 20 heavy (non-hydrogen) atoms. The van der Waals surface area contributed by atoms with Gasteiger partial charge in [-0.15, -0.1) is 0 Å². The molecular formula is C16H11N3O. The fourth-order valence-electron chi connectivity index (χ4n) is 2.54. The first kappa shape index (κ1) is 11.0. The minimum atomic E-state index is -0.187. The SMILES string of the molecule is O=c1[nH]c2ccc(-c3cccc4cccnc34)cc2[nH]1. The molecule has 0 bridgehead atoms. The van der Waals surface area contributed by atoms with Crippen LogP contribution in [0.1, 0.15) is 0 Å². The molecule has 2 heterocycles. The predicted octanol–water partition coefficient (Wildman–Crippen LogP) is 3.07. The van der Waals surface area contributed by atoms with Gasteiger partial charge in [-0.1, -0.05) is 30.3 Å². The number of para-hydroxylation sites is 1. The van der Waals surface area contributed by atoms with Gasteiger partial charge in [-0.2, -0.15) is 0 Å². The van der Waals surface area contributed by atoms with Crippen molar-refractivity contribution in [1.29, 1.82) is 0 Å². The average Bonchev–Trinajstić information content (AvgIpc) is 2.85. The zero-order valence-corrected chi connectivity index (χ0v) is 10.6. The summed E-state index contributed by atoms with van der Waals surface area (Å²) in [6, 6.07) is 15.9. The lowest BCUT2D eigenvalue weighted by molar-refractivity contribution is 1.22. The van der Waals surface area contributed by atoms with Crippen molar-refractivity contribution in [3.63, 3.8) is 0 Å². The number of aromatic amines is 2. The summed E-state index contributed by atoms with van der Waals surface area (Å²) >= 11 is 0. The van der Waals surface area contributed by atoms with Crippen LogP contribution >= 0.6 is 0 Å². The molecule has 4 aromatic rings. The van der Waals surface area contributed by atoms with Crippen LogP contribution in [0.3, 0.4) is 0 Å². The maximum Gasteiger partial charge on any atom is 0.323 e. The molecule has 96 valence electrons. The second kappa shape index (κ2) is 4.06. The molecule has 4 nitrogen and oxygen atoms in total. The third-order valence-electron chi connectivity index (χ3n) is 3.46. The van der Waals surface area contributed by atoms with Crippen LogP contribution in [-0.4, -0.2) is 15.0 Å². The van der Waals surface area contributed by atoms with E-state index in [0.29, 0.717) is 0 Å². The highest BCUT2D eigenvalue weighted by Gasteiger charge is 2.06. The van der Waals surface area contributed by atoms with Crippen LogP contribution in [0.4, 0.5) is 0 Å². The molecule has 0 saturated carbocycles. The van der Waals surface area contributed by atoms with E-state index in [4.69, 9.17) is 0 Å². The van der Waals surface area contributed by atoms with Crippen LogP contribution in [0.25, 0.3) is 33.1 Å². The molecule has 0 aliphatic carbocycles. The van der Waals surface area contributed by atoms with Gasteiger partial charge in [-0.3, -0.25) is 4.98 Å². The Hall–Kier alpha value is -2.88. The maximum atomic E-state index is 11.3. The van der Waals surface area contributed by atoms with Gasteiger partial charge < -0.3 is 9.97 Å². The van der Waals surface area contributed by atoms with Gasteiger partial charge in [0.05, 0.1) is 16.6 Å². The van der Waals surface area contributed by atoms with Crippen molar-refractivity contribution in [2.45, 2.75) is 0 Å². The lowest BCUT2D eigenvalue weighted by Crippen LogP contribution is -1.99. The first-order valence-electron chi connectivity index (χ1n) is 6.37. The minimum Gasteiger partial charge on any atom is -0.306 e. The summed E-state index contributed by atoms with van der Waals surface area (Å²) in [5.41, 5.74) is 4.50. The summed E-state index contributed by atoms with van der Waals surface area (Å²) in [7, 11) is 0. The molecule has 0 amide bonds. The first-order valence-corrected chi connectivity index (χ1v) is 6.37. The third-order valence-corrected chi connectivity index (χ3v) is 3.46. The highest BCUT2D eigenvalue weighted by Crippen LogP contribution is 2.28. The van der Waals surface area contributed by atoms with Crippen molar-refractivity contribution in [3.05, 3.63) is 65.2 Å². The van der Waals surface area contributed by atoms with Crippen LogP contribution < -0.4 is 5.69 Å². The number of imidazole rings is 1. The Balaban J connectivity index is 2.03. The van der Waals surface area contributed by atoms with Gasteiger partial charge in [0.25, 0.3) is 0 Å². The number of hydrogen-bond donors (Lipinski definition) is 2. The highest BCUT2D eigenvalue weighted by molar-refractivity contribution is 5.95. The van der Waals surface area contributed by atoms with E-state index in [0.717, 1.165) is 33.1 Å². The highest BCUT2D eigenvalue weighted by atomic mass is 16.1. The van der Waals surface area contributed by atoms with Crippen molar-refractivity contribution in [1.82, 2.24) is 15.0 Å². The topological polar surface area (TPSA) is 61.5 Å². The quantitative estimate of drug-likeness (QED) is 0.553. The lowest BCUT2D eigenvalue weighted by atomic mass is 10.0. The number of H-pyrrole nitrogens is 2. The van der Waals surface area contributed by atoms with E-state index in [-0.39, 0.29) is 5.69 Å². The molecular weight excluding hydrogens is 250 g/mol. The number of fused-ring (bicyclic) bond motifs is 2. The smallest absolute Gasteiger partial charge is 0.306 e. The van der Waals surface area contributed by atoms with Crippen LogP contribution in [0, 0.1) is 0 Å². The van der Waals surface area contributed by atoms with Gasteiger partial charge in [0.2, 0.25) is 0 Å². The number of benzene rings is 2. The van der Waals surface area contributed by atoms with Crippen molar-refractivity contribution < 1.29 is 0 Å². The minimum absolute atomic E-state index is 0.187. The van der Waals surface area contributed by atoms with E-state index < -0.39 is 0 Å². The van der Waals surface area contributed by atoms with E-state index in [1.807, 2.05) is 48.5 Å². The van der Waals surface area contributed by atoms with E-state index >= 15 is 0 Å². The molecule has 0 saturated heterocycles. The molecule has 0 unspecified atom stereocenters. The number of pyridine rings is 1. The fraction of sp³-hybridized carbons (Fsp3) is 0. The molecule has 2 N–H and O–H groups in total. The van der Waals surface area contributed by atoms with Gasteiger partial charge in [-0.25, -0.2) is 4.79 Å². The normalized spacial score (nSPS) is 11.2. The van der Waals surface area contributed by atoms with Gasteiger partial charge in [-0.05, 0) is 23.8 Å². The molecule has 2 aromatic heterocycles. The van der Waals surface area contributed by atoms with E-state index in [1.165, 1.54) is 0 Å². The van der Waals surface area contributed by atoms with Crippen molar-refractivity contribution in [2.24, 2.45) is 0 Å². The Bertz CT molecular complexity index is 976. The summed E-state index contributed by atoms with van der Waals surface area (Å²) in [6.07, 6.45) is 1.79. The fourth-order valence-corrected chi connectivity index (χ4v) is 2.54. The summed E-state index contributed by atoms with van der Waals surface area (Å²) in [4.78, 5) is 21.3. The summed E-state index contributed by atoms with van der Waals surface area (Å²) in [5.74, 6) is 0. The zero-order valence-electron chi connectivity index (χ0n) is 10.6. The summed E-state index contributed by atoms with van der Waals surface area (Å²) < 4.78 is 0. The summed E-state index contributed by atoms with van der Waals surface area (Å²) in [5, 5.41) is 1.10. The molecule has 4 heteroatoms. The Morgan fingerprint density at radius 1 is 0.900 bits per heavy atom. The number of aromatic nitrogens is 3. The van der Waals surface area contributed by atoms with Crippen molar-refractivity contribution in [2.75, 3.05) is 0 Å². The van der Waals surface area contributed by atoms with Crippen LogP contribution in [0.2, 0.25) is 0 Å². The van der Waals surface area contributed by atoms with E-state index in [2.05, 4.69) is 15.0 Å². The summed E-state index contributed by atoms with van der Waals surface area (Å²) in [6.45, 7) is 0. The Morgan fingerprint density at radius 2 is 1.75 bits per heavy atom. The Morgan fingerprint density at radius 3 is 2.70 bits per heavy atom. The molecule has 2 aromatic carbocycles. The van der Waals surface area contributed by atoms with Crippen LogP contribution in [-0.2, 0) is 0 Å². The zero-order chi connectivity index (χ0) is 13.5. The van der Waals surface area contributed by atoms with E-state index in [9.17, 15) is 4.79 Å². The second-order valence-corrected chi connectivity index (χ2v) is 4.72. The number of hydrogen-bond acceptors (Lipinski definition) is 2. The van der Waals surface area contributed by atoms with Crippen molar-refractivity contribution in [3.8, 4) is 11.1 Å². The first-order chi connectivity index (χ1) is 9.81. The standard InChI is InChI=1S/C16H11N3O/c20-16-18-13-7-6-11(9-14(13)19-16)12-5-1-3-10-4-2-8-17-15(10)12/h1-9H,(H2,18,19,20). The monoisotopic (exact) mass is 261 g/mol. The Labute approximate surface area is 114 Å². The number of rotatable bonds is 1. The second-order valence-electron chi connectivity index (χ2n) is 4.72. The average molecular weight is 261 g/mol. The van der Waals surface area contributed by atoms with Gasteiger partial charge in [0, 0.05) is 17.1 Å². The van der Waals surface area contributed by atoms with Gasteiger partial charge in [0.15, 0.2) is 0 Å². The predicted molar refractivity (Wildman–Crippen MR) is 79.7 cm³/mol. The molecule has 4 rings (SSSR count). The van der Waals surface area contributed by atoms with Gasteiger partial charge in [0.1, 0.15) is 0 Å². The molecule has 0 fully saturated rings. The molecule has 0 aliphatic heterocycles. The van der Waals surface area contributed by atoms with Gasteiger partial charge >= 0.3 is 5.69 Å². The molecule has 0 aliphatic rings. The lowest BCUT2D eigenvalue weighted by Gasteiger charge is -2.05. The third kappa shape index (κ3) is 1.62. The molecule has 0 atom stereocenters. The largest absolute Gasteiger partial charge is 0.323 e.